The van der Waals surface area contributed by atoms with Crippen LogP contribution in [-0.2, 0) is 20.1 Å². The van der Waals surface area contributed by atoms with E-state index >= 15 is 0 Å². The fraction of sp³-hybridized carbons (Fsp3) is 0.0333. The predicted octanol–water partition coefficient (Wildman–Crippen LogP) is 6.97. The smallest absolute Gasteiger partial charge is 0.512 e. The van der Waals surface area contributed by atoms with Gasteiger partial charge in [-0.25, -0.2) is 12.1 Å². The summed E-state index contributed by atoms with van der Waals surface area (Å²) in [7, 11) is 0. The molecule has 0 aliphatic carbocycles. The quantitative estimate of drug-likeness (QED) is 0.194. The van der Waals surface area contributed by atoms with Gasteiger partial charge in [-0.2, -0.15) is 23.0 Å². The average molecular weight is 632 g/mol. The van der Waals surface area contributed by atoms with Crippen LogP contribution in [0.2, 0.25) is 0 Å². The third-order valence-electron chi connectivity index (χ3n) is 5.21. The third-order valence-corrected chi connectivity index (χ3v) is 5.21. The van der Waals surface area contributed by atoms with Crippen molar-refractivity contribution in [2.24, 2.45) is 0 Å². The van der Waals surface area contributed by atoms with Crippen LogP contribution in [0.25, 0.3) is 44.5 Å². The molecule has 6 rings (SSSR count). The van der Waals surface area contributed by atoms with Crippen molar-refractivity contribution >= 4 is 21.9 Å². The molecule has 0 N–H and O–H groups in total. The van der Waals surface area contributed by atoms with Gasteiger partial charge in [-0.15, -0.1) is 53.7 Å². The fourth-order valence-electron chi connectivity index (χ4n) is 3.63. The van der Waals surface area contributed by atoms with Gasteiger partial charge in [0.15, 0.2) is 0 Å². The molecule has 0 bridgehead atoms. The van der Waals surface area contributed by atoms with Crippen molar-refractivity contribution in [2.45, 2.75) is 6.85 Å². The van der Waals surface area contributed by atoms with Gasteiger partial charge in [0.2, 0.25) is 0 Å². The molecule has 6 aromatic rings. The van der Waals surface area contributed by atoms with E-state index in [0.29, 0.717) is 22.2 Å². The van der Waals surface area contributed by atoms with E-state index in [0.717, 1.165) is 16.6 Å². The molecule has 168 valence electrons. The van der Waals surface area contributed by atoms with Gasteiger partial charge in [0.05, 0.1) is 5.56 Å². The van der Waals surface area contributed by atoms with Gasteiger partial charge in [-0.05, 0) is 36.0 Å². The Labute approximate surface area is 221 Å². The number of fused-ring (bicyclic) bond motifs is 3. The standard InChI is InChI=1S/C19H10N2O.C11H8N.Ir/c1-12-8-9-14-13-5-4-6-15(17-7-2-3-10-21-17)18(13)22-19(14)16(12)11-20;1-2-6-10(7-3-1)11-8-4-5-9-12-11;/h2-5,8-10H,1H3;1-6,8-9H;/q-2;-1;+3/i1D3;;. The molecule has 3 aromatic carbocycles. The van der Waals surface area contributed by atoms with E-state index in [1.165, 1.54) is 6.07 Å². The molecular weight excluding hydrogens is 611 g/mol. The molecule has 0 saturated carbocycles. The van der Waals surface area contributed by atoms with Crippen molar-refractivity contribution in [3.05, 3.63) is 121 Å². The van der Waals surface area contributed by atoms with Crippen LogP contribution >= 0.6 is 0 Å². The van der Waals surface area contributed by atoms with E-state index in [9.17, 15) is 5.26 Å². The first-order chi connectivity index (χ1) is 18.0. The first-order valence-electron chi connectivity index (χ1n) is 12.0. The second-order valence-electron chi connectivity index (χ2n) is 7.30. The summed E-state index contributed by atoms with van der Waals surface area (Å²) < 4.78 is 28.8. The number of hydrogen-bond donors (Lipinski definition) is 0. The van der Waals surface area contributed by atoms with E-state index in [2.05, 4.69) is 28.2 Å². The van der Waals surface area contributed by atoms with Crippen molar-refractivity contribution in [2.75, 3.05) is 0 Å². The molecule has 0 fully saturated rings. The molecular formula is C30H18IrN3O. The summed E-state index contributed by atoms with van der Waals surface area (Å²) in [5, 5.41) is 11.0. The number of pyridine rings is 2. The van der Waals surface area contributed by atoms with Crippen molar-refractivity contribution in [1.82, 2.24) is 9.97 Å². The minimum absolute atomic E-state index is 0. The molecule has 0 aliphatic heterocycles. The van der Waals surface area contributed by atoms with Gasteiger partial charge in [-0.3, -0.25) is 0 Å². The number of hydrogen-bond acceptors (Lipinski definition) is 4. The fourth-order valence-corrected chi connectivity index (χ4v) is 3.63. The van der Waals surface area contributed by atoms with Gasteiger partial charge < -0.3 is 14.4 Å². The normalized spacial score (nSPS) is 11.8. The van der Waals surface area contributed by atoms with E-state index < -0.39 is 6.85 Å². The molecule has 3 aromatic heterocycles. The van der Waals surface area contributed by atoms with Crippen molar-refractivity contribution < 1.29 is 28.6 Å². The zero-order valence-electron chi connectivity index (χ0n) is 21.2. The van der Waals surface area contributed by atoms with E-state index in [1.807, 2.05) is 54.6 Å². The Kier molecular flexibility index (Phi) is 6.31. The second-order valence-corrected chi connectivity index (χ2v) is 7.30. The zero-order valence-corrected chi connectivity index (χ0v) is 20.6. The summed E-state index contributed by atoms with van der Waals surface area (Å²) in [6.07, 6.45) is 3.44. The number of rotatable bonds is 2. The van der Waals surface area contributed by atoms with Gasteiger partial charge in [0.25, 0.3) is 0 Å². The molecule has 5 heteroatoms. The van der Waals surface area contributed by atoms with E-state index in [4.69, 9.17) is 8.53 Å². The molecule has 0 amide bonds. The molecule has 0 unspecified atom stereocenters. The minimum atomic E-state index is -2.39. The Morgan fingerprint density at radius 2 is 1.66 bits per heavy atom. The number of nitriles is 1. The Bertz CT molecular complexity index is 1680. The van der Waals surface area contributed by atoms with Crippen molar-refractivity contribution in [3.63, 3.8) is 0 Å². The van der Waals surface area contributed by atoms with E-state index in [-0.39, 0.29) is 36.8 Å². The molecule has 0 aliphatic rings. The van der Waals surface area contributed by atoms with Gasteiger partial charge in [0, 0.05) is 15.7 Å². The van der Waals surface area contributed by atoms with Crippen molar-refractivity contribution in [1.29, 1.82) is 5.26 Å². The second kappa shape index (κ2) is 10.9. The van der Waals surface area contributed by atoms with Gasteiger partial charge in [0.1, 0.15) is 11.7 Å². The monoisotopic (exact) mass is 632 g/mol. The van der Waals surface area contributed by atoms with Crippen LogP contribution in [0.3, 0.4) is 0 Å². The average Bonchev–Trinajstić information content (AvgIpc) is 3.33. The summed E-state index contributed by atoms with van der Waals surface area (Å²) in [5.41, 5.74) is 3.99. The SMILES string of the molecule is [2H]C([2H])([2H])c1ccc2c(oc3c(-c4[c-]cccn4)[c-]ccc32)c1C#N.[Ir+3].[c-]1ccccc1-c1ccccn1. The largest absolute Gasteiger partial charge is 3.00 e. The van der Waals surface area contributed by atoms with Crippen LogP contribution in [0, 0.1) is 36.4 Å². The predicted molar refractivity (Wildman–Crippen MR) is 133 cm³/mol. The van der Waals surface area contributed by atoms with Crippen LogP contribution in [0.5, 0.6) is 0 Å². The summed E-state index contributed by atoms with van der Waals surface area (Å²) >= 11 is 0. The maximum atomic E-state index is 9.50. The maximum absolute atomic E-state index is 9.50. The Morgan fingerprint density at radius 3 is 2.37 bits per heavy atom. The molecule has 0 saturated heterocycles. The van der Waals surface area contributed by atoms with Gasteiger partial charge >= 0.3 is 20.1 Å². The summed E-state index contributed by atoms with van der Waals surface area (Å²) in [5.74, 6) is 0. The van der Waals surface area contributed by atoms with Crippen molar-refractivity contribution in [3.8, 4) is 28.6 Å². The van der Waals surface area contributed by atoms with Crippen LogP contribution in [0.1, 0.15) is 15.2 Å². The topological polar surface area (TPSA) is 62.7 Å². The number of furan rings is 1. The van der Waals surface area contributed by atoms with Crippen LogP contribution in [0.4, 0.5) is 0 Å². The van der Waals surface area contributed by atoms with Crippen LogP contribution < -0.4 is 0 Å². The third kappa shape index (κ3) is 4.90. The first-order valence-corrected chi connectivity index (χ1v) is 10.5. The summed E-state index contributed by atoms with van der Waals surface area (Å²) in [6.45, 7) is -2.39. The number of nitrogens with zero attached hydrogens (tertiary/aromatic N) is 3. The first kappa shape index (κ1) is 20.3. The zero-order chi connectivity index (χ0) is 25.8. The molecule has 0 atom stereocenters. The number of aryl methyl sites for hydroxylation is 1. The molecule has 0 spiro atoms. The molecule has 4 nitrogen and oxygen atoms in total. The Hall–Kier alpha value is -4.10. The maximum Gasteiger partial charge on any atom is 3.00 e. The number of benzene rings is 3. The molecule has 35 heavy (non-hydrogen) atoms. The van der Waals surface area contributed by atoms with E-state index in [1.54, 1.807) is 36.7 Å². The Balaban J connectivity index is 0.000000218. The van der Waals surface area contributed by atoms with Crippen LogP contribution in [0.15, 0.2) is 95.7 Å². The summed E-state index contributed by atoms with van der Waals surface area (Å²) in [4.78, 5) is 8.48. The number of aromatic nitrogens is 2. The molecule has 0 radical (unpaired) electrons. The Morgan fingerprint density at radius 1 is 0.829 bits per heavy atom. The molecule has 3 heterocycles. The summed E-state index contributed by atoms with van der Waals surface area (Å²) in [6, 6.07) is 35.1. The van der Waals surface area contributed by atoms with Crippen LogP contribution in [-0.4, -0.2) is 9.97 Å². The van der Waals surface area contributed by atoms with Gasteiger partial charge in [-0.1, -0.05) is 29.7 Å². The minimum Gasteiger partial charge on any atom is -0.512 e.